The Morgan fingerprint density at radius 1 is 1.00 bits per heavy atom. The number of amides is 3. The average molecular weight is 357 g/mol. The first-order valence-electron chi connectivity index (χ1n) is 8.00. The summed E-state index contributed by atoms with van der Waals surface area (Å²) in [6.45, 7) is 1.19. The molecule has 0 saturated carbocycles. The number of carbonyl (C=O) groups is 2. The van der Waals surface area contributed by atoms with E-state index in [1.54, 1.807) is 11.8 Å². The van der Waals surface area contributed by atoms with E-state index in [1.807, 2.05) is 60.7 Å². The first-order valence-corrected chi connectivity index (χ1v) is 9.22. The molecule has 3 amide bonds. The van der Waals surface area contributed by atoms with Crippen LogP contribution in [0.2, 0.25) is 0 Å². The molecule has 0 aromatic heterocycles. The molecule has 25 heavy (non-hydrogen) atoms. The molecule has 0 radical (unpaired) electrons. The van der Waals surface area contributed by atoms with Crippen LogP contribution in [-0.4, -0.2) is 36.7 Å². The standard InChI is InChI=1S/C19H23N3O2S/c1-22(13-16-8-10-17(25-2)11-9-16)14-18(23)21-19(24)20-12-15-6-4-3-5-7-15/h3-11H,12-14H2,1-2H3,(H2,20,21,23,24). The fraction of sp³-hybridized carbons (Fsp3) is 0.263. The normalized spacial score (nSPS) is 10.5. The number of hydrogen-bond acceptors (Lipinski definition) is 4. The van der Waals surface area contributed by atoms with Gasteiger partial charge in [-0.25, -0.2) is 4.79 Å². The van der Waals surface area contributed by atoms with E-state index >= 15 is 0 Å². The van der Waals surface area contributed by atoms with E-state index in [1.165, 1.54) is 4.90 Å². The van der Waals surface area contributed by atoms with Gasteiger partial charge in [-0.05, 0) is 36.6 Å². The molecule has 2 N–H and O–H groups in total. The van der Waals surface area contributed by atoms with Gasteiger partial charge in [-0.15, -0.1) is 11.8 Å². The Morgan fingerprint density at radius 2 is 1.68 bits per heavy atom. The van der Waals surface area contributed by atoms with Crippen molar-refractivity contribution in [1.29, 1.82) is 0 Å². The monoisotopic (exact) mass is 357 g/mol. The molecule has 0 atom stereocenters. The summed E-state index contributed by atoms with van der Waals surface area (Å²) in [5.74, 6) is -0.325. The van der Waals surface area contributed by atoms with Crippen molar-refractivity contribution in [3.05, 3.63) is 65.7 Å². The zero-order valence-corrected chi connectivity index (χ0v) is 15.3. The molecule has 6 heteroatoms. The molecule has 0 aliphatic carbocycles. The van der Waals surface area contributed by atoms with Crippen molar-refractivity contribution in [3.8, 4) is 0 Å². The molecule has 2 aromatic rings. The van der Waals surface area contributed by atoms with E-state index in [0.717, 1.165) is 11.1 Å². The SMILES string of the molecule is CSc1ccc(CN(C)CC(=O)NC(=O)NCc2ccccc2)cc1. The molecule has 132 valence electrons. The Bertz CT molecular complexity index is 690. The summed E-state index contributed by atoms with van der Waals surface area (Å²) in [7, 11) is 1.85. The summed E-state index contributed by atoms with van der Waals surface area (Å²) in [6, 6.07) is 17.3. The topological polar surface area (TPSA) is 61.4 Å². The van der Waals surface area contributed by atoms with Gasteiger partial charge in [0.15, 0.2) is 0 Å². The van der Waals surface area contributed by atoms with E-state index in [9.17, 15) is 9.59 Å². The average Bonchev–Trinajstić information content (AvgIpc) is 2.61. The van der Waals surface area contributed by atoms with Crippen LogP contribution in [0.3, 0.4) is 0 Å². The zero-order chi connectivity index (χ0) is 18.1. The first-order chi connectivity index (χ1) is 12.1. The maximum Gasteiger partial charge on any atom is 0.321 e. The van der Waals surface area contributed by atoms with Crippen LogP contribution in [0.5, 0.6) is 0 Å². The highest BCUT2D eigenvalue weighted by molar-refractivity contribution is 7.98. The minimum Gasteiger partial charge on any atom is -0.334 e. The lowest BCUT2D eigenvalue weighted by Crippen LogP contribution is -2.43. The van der Waals surface area contributed by atoms with Crippen LogP contribution in [0.4, 0.5) is 4.79 Å². The summed E-state index contributed by atoms with van der Waals surface area (Å²) in [6.07, 6.45) is 2.04. The molecule has 0 aliphatic heterocycles. The molecule has 5 nitrogen and oxygen atoms in total. The highest BCUT2D eigenvalue weighted by Crippen LogP contribution is 2.15. The van der Waals surface area contributed by atoms with E-state index in [2.05, 4.69) is 22.8 Å². The largest absolute Gasteiger partial charge is 0.334 e. The maximum absolute atomic E-state index is 11.9. The molecule has 2 rings (SSSR count). The number of likely N-dealkylation sites (N-methyl/N-ethyl adjacent to an activating group) is 1. The van der Waals surface area contributed by atoms with E-state index in [0.29, 0.717) is 13.1 Å². The molecule has 0 bridgehead atoms. The van der Waals surface area contributed by atoms with Gasteiger partial charge >= 0.3 is 6.03 Å². The van der Waals surface area contributed by atoms with Gasteiger partial charge in [-0.2, -0.15) is 0 Å². The maximum atomic E-state index is 11.9. The van der Waals surface area contributed by atoms with Gasteiger partial charge in [-0.3, -0.25) is 15.0 Å². The number of hydrogen-bond donors (Lipinski definition) is 2. The van der Waals surface area contributed by atoms with Gasteiger partial charge in [-0.1, -0.05) is 42.5 Å². The van der Waals surface area contributed by atoms with Crippen LogP contribution in [0.15, 0.2) is 59.5 Å². The Morgan fingerprint density at radius 3 is 2.32 bits per heavy atom. The molecule has 0 aliphatic rings. The number of benzene rings is 2. The van der Waals surface area contributed by atoms with Crippen LogP contribution >= 0.6 is 11.8 Å². The second kappa shape index (κ2) is 9.86. The van der Waals surface area contributed by atoms with Crippen molar-refractivity contribution >= 4 is 23.7 Å². The van der Waals surface area contributed by atoms with Gasteiger partial charge < -0.3 is 5.32 Å². The van der Waals surface area contributed by atoms with Crippen LogP contribution in [0.1, 0.15) is 11.1 Å². The minimum atomic E-state index is -0.480. The van der Waals surface area contributed by atoms with Crippen LogP contribution < -0.4 is 10.6 Å². The number of nitrogens with zero attached hydrogens (tertiary/aromatic N) is 1. The first kappa shape index (κ1) is 19.0. The third kappa shape index (κ3) is 6.99. The van der Waals surface area contributed by atoms with Crippen LogP contribution in [0, 0.1) is 0 Å². The zero-order valence-electron chi connectivity index (χ0n) is 14.5. The molecule has 0 saturated heterocycles. The van der Waals surface area contributed by atoms with Crippen molar-refractivity contribution in [1.82, 2.24) is 15.5 Å². The van der Waals surface area contributed by atoms with E-state index < -0.39 is 6.03 Å². The Kier molecular flexibility index (Phi) is 7.50. The van der Waals surface area contributed by atoms with Crippen molar-refractivity contribution in [2.75, 3.05) is 19.8 Å². The summed E-state index contributed by atoms with van der Waals surface area (Å²) >= 11 is 1.69. The number of urea groups is 1. The predicted octanol–water partition coefficient (Wildman–Crippen LogP) is 2.87. The number of nitrogens with one attached hydrogen (secondary N) is 2. The summed E-state index contributed by atoms with van der Waals surface area (Å²) in [5, 5.41) is 5.02. The van der Waals surface area contributed by atoms with Crippen molar-refractivity contribution in [2.45, 2.75) is 18.0 Å². The van der Waals surface area contributed by atoms with Gasteiger partial charge in [0, 0.05) is 18.0 Å². The van der Waals surface area contributed by atoms with Gasteiger partial charge in [0.25, 0.3) is 0 Å². The molecule has 0 unspecified atom stereocenters. The molecule has 0 spiro atoms. The third-order valence-electron chi connectivity index (χ3n) is 3.57. The number of rotatable bonds is 7. The van der Waals surface area contributed by atoms with Gasteiger partial charge in [0.2, 0.25) is 5.91 Å². The second-order valence-corrected chi connectivity index (χ2v) is 6.62. The fourth-order valence-electron chi connectivity index (χ4n) is 2.33. The van der Waals surface area contributed by atoms with Crippen molar-refractivity contribution < 1.29 is 9.59 Å². The molecule has 0 heterocycles. The van der Waals surface area contributed by atoms with E-state index in [4.69, 9.17) is 0 Å². The van der Waals surface area contributed by atoms with Crippen LogP contribution in [-0.2, 0) is 17.9 Å². The molecular formula is C19H23N3O2S. The lowest BCUT2D eigenvalue weighted by Gasteiger charge is -2.16. The van der Waals surface area contributed by atoms with Gasteiger partial charge in [0.05, 0.1) is 6.54 Å². The molecule has 2 aromatic carbocycles. The van der Waals surface area contributed by atoms with Crippen molar-refractivity contribution in [2.24, 2.45) is 0 Å². The Hall–Kier alpha value is -2.31. The smallest absolute Gasteiger partial charge is 0.321 e. The summed E-state index contributed by atoms with van der Waals surface area (Å²) in [5.41, 5.74) is 2.11. The Labute approximate surface area is 152 Å². The summed E-state index contributed by atoms with van der Waals surface area (Å²) in [4.78, 5) is 26.8. The number of thioether (sulfide) groups is 1. The second-order valence-electron chi connectivity index (χ2n) is 5.74. The molecular weight excluding hydrogens is 334 g/mol. The third-order valence-corrected chi connectivity index (χ3v) is 4.32. The van der Waals surface area contributed by atoms with Gasteiger partial charge in [0.1, 0.15) is 0 Å². The lowest BCUT2D eigenvalue weighted by atomic mass is 10.2. The minimum absolute atomic E-state index is 0.156. The number of imide groups is 1. The quantitative estimate of drug-likeness (QED) is 0.748. The van der Waals surface area contributed by atoms with Crippen LogP contribution in [0.25, 0.3) is 0 Å². The van der Waals surface area contributed by atoms with E-state index in [-0.39, 0.29) is 12.5 Å². The predicted molar refractivity (Wildman–Crippen MR) is 101 cm³/mol. The fourth-order valence-corrected chi connectivity index (χ4v) is 2.74. The Balaban J connectivity index is 1.71. The summed E-state index contributed by atoms with van der Waals surface area (Å²) < 4.78 is 0. The van der Waals surface area contributed by atoms with Crippen molar-refractivity contribution in [3.63, 3.8) is 0 Å². The number of carbonyl (C=O) groups excluding carboxylic acids is 2. The lowest BCUT2D eigenvalue weighted by molar-refractivity contribution is -0.120. The highest BCUT2D eigenvalue weighted by atomic mass is 32.2. The highest BCUT2D eigenvalue weighted by Gasteiger charge is 2.10. The molecule has 0 fully saturated rings.